The van der Waals surface area contributed by atoms with E-state index in [1.807, 2.05) is 49.5 Å². The molecule has 2 heterocycles. The highest BCUT2D eigenvalue weighted by molar-refractivity contribution is 9.10. The van der Waals surface area contributed by atoms with Crippen molar-refractivity contribution < 1.29 is 5.11 Å². The van der Waals surface area contributed by atoms with Crippen LogP contribution in [0.4, 0.5) is 5.82 Å². The quantitative estimate of drug-likeness (QED) is 0.731. The van der Waals surface area contributed by atoms with E-state index < -0.39 is 6.10 Å². The summed E-state index contributed by atoms with van der Waals surface area (Å²) in [6, 6.07) is 11.6. The molecule has 0 radical (unpaired) electrons. The zero-order valence-electron chi connectivity index (χ0n) is 12.1. The monoisotopic (exact) mass is 360 g/mol. The van der Waals surface area contributed by atoms with Gasteiger partial charge in [0, 0.05) is 12.2 Å². The summed E-state index contributed by atoms with van der Waals surface area (Å²) in [6.45, 7) is 2.03. The Morgan fingerprint density at radius 2 is 2.05 bits per heavy atom. The number of hydrogen-bond donors (Lipinski definition) is 2. The third-order valence-corrected chi connectivity index (χ3v) is 4.04. The average Bonchev–Trinajstić information content (AvgIpc) is 2.89. The number of nitrogens with zero attached hydrogens (tertiary/aromatic N) is 3. The van der Waals surface area contributed by atoms with Crippen LogP contribution in [0.3, 0.4) is 0 Å². The zero-order chi connectivity index (χ0) is 15.5. The predicted octanol–water partition coefficient (Wildman–Crippen LogP) is 3.42. The van der Waals surface area contributed by atoms with Gasteiger partial charge in [0.05, 0.1) is 16.8 Å². The van der Waals surface area contributed by atoms with Crippen molar-refractivity contribution in [1.29, 1.82) is 0 Å². The highest BCUT2D eigenvalue weighted by Crippen LogP contribution is 2.21. The van der Waals surface area contributed by atoms with Gasteiger partial charge in [-0.1, -0.05) is 30.3 Å². The number of rotatable bonds is 5. The van der Waals surface area contributed by atoms with Crippen LogP contribution in [0.1, 0.15) is 25.0 Å². The first-order valence-electron chi connectivity index (χ1n) is 7.13. The van der Waals surface area contributed by atoms with E-state index in [0.29, 0.717) is 6.42 Å². The van der Waals surface area contributed by atoms with E-state index in [-0.39, 0.29) is 6.04 Å². The van der Waals surface area contributed by atoms with Crippen molar-refractivity contribution in [2.45, 2.75) is 25.5 Å². The SMILES string of the molecule is CC(CC(O)c1ccccc1)Nc1ccn2ncc(Br)c2n1. The van der Waals surface area contributed by atoms with Crippen LogP contribution >= 0.6 is 15.9 Å². The molecule has 0 fully saturated rings. The zero-order valence-corrected chi connectivity index (χ0v) is 13.7. The summed E-state index contributed by atoms with van der Waals surface area (Å²) in [6.07, 6.45) is 3.69. The van der Waals surface area contributed by atoms with E-state index in [9.17, 15) is 5.11 Å². The lowest BCUT2D eigenvalue weighted by Gasteiger charge is -2.18. The van der Waals surface area contributed by atoms with E-state index in [1.54, 1.807) is 10.7 Å². The molecule has 0 spiro atoms. The first kappa shape index (κ1) is 15.0. The van der Waals surface area contributed by atoms with Crippen LogP contribution in [0.25, 0.3) is 5.65 Å². The molecule has 0 aliphatic carbocycles. The van der Waals surface area contributed by atoms with Gasteiger partial charge in [0.15, 0.2) is 5.65 Å². The van der Waals surface area contributed by atoms with Crippen LogP contribution in [-0.4, -0.2) is 25.7 Å². The van der Waals surface area contributed by atoms with E-state index in [2.05, 4.69) is 31.3 Å². The highest BCUT2D eigenvalue weighted by atomic mass is 79.9. The number of aliphatic hydroxyl groups is 1. The third-order valence-electron chi connectivity index (χ3n) is 3.48. The fraction of sp³-hybridized carbons (Fsp3) is 0.250. The number of anilines is 1. The van der Waals surface area contributed by atoms with Crippen LogP contribution in [0.2, 0.25) is 0 Å². The van der Waals surface area contributed by atoms with Gasteiger partial charge in [-0.15, -0.1) is 0 Å². The number of hydrogen-bond acceptors (Lipinski definition) is 4. The molecule has 2 aromatic heterocycles. The Bertz CT molecular complexity index is 759. The molecule has 1 aromatic carbocycles. The molecule has 114 valence electrons. The molecule has 5 nitrogen and oxygen atoms in total. The molecule has 22 heavy (non-hydrogen) atoms. The van der Waals surface area contributed by atoms with Crippen LogP contribution in [0, 0.1) is 0 Å². The molecule has 0 aliphatic heterocycles. The maximum atomic E-state index is 10.3. The molecular weight excluding hydrogens is 344 g/mol. The highest BCUT2D eigenvalue weighted by Gasteiger charge is 2.13. The lowest BCUT2D eigenvalue weighted by molar-refractivity contribution is 0.162. The molecule has 0 saturated carbocycles. The summed E-state index contributed by atoms with van der Waals surface area (Å²) < 4.78 is 2.56. The van der Waals surface area contributed by atoms with Gasteiger partial charge >= 0.3 is 0 Å². The maximum Gasteiger partial charge on any atom is 0.171 e. The lowest BCUT2D eigenvalue weighted by atomic mass is 10.0. The number of fused-ring (bicyclic) bond motifs is 1. The van der Waals surface area contributed by atoms with E-state index in [4.69, 9.17) is 0 Å². The van der Waals surface area contributed by atoms with Gasteiger partial charge in [0.25, 0.3) is 0 Å². The van der Waals surface area contributed by atoms with Crippen molar-refractivity contribution in [2.75, 3.05) is 5.32 Å². The van der Waals surface area contributed by atoms with Gasteiger partial charge in [-0.3, -0.25) is 0 Å². The van der Waals surface area contributed by atoms with Gasteiger partial charge in [0.1, 0.15) is 5.82 Å². The molecule has 3 rings (SSSR count). The first-order valence-corrected chi connectivity index (χ1v) is 7.92. The second-order valence-electron chi connectivity index (χ2n) is 5.28. The second-order valence-corrected chi connectivity index (χ2v) is 6.14. The number of nitrogens with one attached hydrogen (secondary N) is 1. The van der Waals surface area contributed by atoms with Crippen LogP contribution in [0.15, 0.2) is 53.3 Å². The molecule has 0 aliphatic rings. The number of benzene rings is 1. The van der Waals surface area contributed by atoms with Crippen molar-refractivity contribution >= 4 is 27.4 Å². The summed E-state index contributed by atoms with van der Waals surface area (Å²) in [5.41, 5.74) is 1.69. The van der Waals surface area contributed by atoms with E-state index in [0.717, 1.165) is 21.5 Å². The Labute approximate surface area is 137 Å². The van der Waals surface area contributed by atoms with Crippen molar-refractivity contribution in [3.05, 3.63) is 58.8 Å². The van der Waals surface area contributed by atoms with Crippen LogP contribution in [0.5, 0.6) is 0 Å². The number of halogens is 1. The Morgan fingerprint density at radius 3 is 2.82 bits per heavy atom. The van der Waals surface area contributed by atoms with Gasteiger partial charge in [-0.25, -0.2) is 9.50 Å². The van der Waals surface area contributed by atoms with Gasteiger partial charge < -0.3 is 10.4 Å². The normalized spacial score (nSPS) is 14.0. The van der Waals surface area contributed by atoms with Crippen molar-refractivity contribution in [2.24, 2.45) is 0 Å². The Morgan fingerprint density at radius 1 is 1.27 bits per heavy atom. The summed E-state index contributed by atoms with van der Waals surface area (Å²) in [7, 11) is 0. The molecule has 2 N–H and O–H groups in total. The van der Waals surface area contributed by atoms with Gasteiger partial charge in [0.2, 0.25) is 0 Å². The number of aromatic nitrogens is 3. The molecule has 3 aromatic rings. The molecular formula is C16H17BrN4O. The maximum absolute atomic E-state index is 10.3. The topological polar surface area (TPSA) is 62.5 Å². The Kier molecular flexibility index (Phi) is 4.40. The van der Waals surface area contributed by atoms with Crippen LogP contribution in [-0.2, 0) is 0 Å². The lowest BCUT2D eigenvalue weighted by Crippen LogP contribution is -2.19. The second kappa shape index (κ2) is 6.46. The minimum atomic E-state index is -0.492. The minimum Gasteiger partial charge on any atom is -0.388 e. The molecule has 2 unspecified atom stereocenters. The summed E-state index contributed by atoms with van der Waals surface area (Å²) in [4.78, 5) is 4.52. The van der Waals surface area contributed by atoms with Crippen molar-refractivity contribution in [3.8, 4) is 0 Å². The molecule has 2 atom stereocenters. The van der Waals surface area contributed by atoms with Crippen LogP contribution < -0.4 is 5.32 Å². The molecule has 0 amide bonds. The van der Waals surface area contributed by atoms with Crippen molar-refractivity contribution in [1.82, 2.24) is 14.6 Å². The largest absolute Gasteiger partial charge is 0.388 e. The summed E-state index contributed by atoms with van der Waals surface area (Å²) in [5, 5.41) is 17.8. The first-order chi connectivity index (χ1) is 10.6. The predicted molar refractivity (Wildman–Crippen MR) is 89.8 cm³/mol. The fourth-order valence-electron chi connectivity index (χ4n) is 2.38. The molecule has 0 saturated heterocycles. The van der Waals surface area contributed by atoms with Gasteiger partial charge in [-0.05, 0) is 40.9 Å². The average molecular weight is 361 g/mol. The Hall–Kier alpha value is -1.92. The van der Waals surface area contributed by atoms with Crippen molar-refractivity contribution in [3.63, 3.8) is 0 Å². The smallest absolute Gasteiger partial charge is 0.171 e. The molecule has 6 heteroatoms. The fourth-order valence-corrected chi connectivity index (χ4v) is 2.74. The third kappa shape index (κ3) is 3.28. The minimum absolute atomic E-state index is 0.0897. The summed E-state index contributed by atoms with van der Waals surface area (Å²) in [5.74, 6) is 0.765. The van der Waals surface area contributed by atoms with E-state index >= 15 is 0 Å². The standard InChI is InChI=1S/C16H17BrN4O/c1-11(9-14(22)12-5-3-2-4-6-12)19-15-7-8-21-16(20-15)13(17)10-18-21/h2-8,10-11,14,22H,9H2,1H3,(H,19,20). The number of aliphatic hydroxyl groups excluding tert-OH is 1. The van der Waals surface area contributed by atoms with E-state index in [1.165, 1.54) is 0 Å². The van der Waals surface area contributed by atoms with Gasteiger partial charge in [-0.2, -0.15) is 5.10 Å². The summed E-state index contributed by atoms with van der Waals surface area (Å²) >= 11 is 3.42. The Balaban J connectivity index is 1.67. The molecule has 0 bridgehead atoms.